The van der Waals surface area contributed by atoms with Gasteiger partial charge in [0.15, 0.2) is 0 Å². The maximum Gasteiger partial charge on any atom is 0.333 e. The number of unbranched alkanes of at least 4 members (excludes halogenated alkanes) is 6. The predicted molar refractivity (Wildman–Crippen MR) is 83.6 cm³/mol. The molecule has 3 heteroatoms. The zero-order valence-electron chi connectivity index (χ0n) is 13.3. The molecule has 0 amide bonds. The lowest BCUT2D eigenvalue weighted by Gasteiger charge is -2.09. The molecule has 118 valence electrons. The monoisotopic (exact) mass is 284 g/mol. The van der Waals surface area contributed by atoms with E-state index in [2.05, 4.69) is 13.5 Å². The van der Waals surface area contributed by atoms with Gasteiger partial charge in [0.25, 0.3) is 0 Å². The Morgan fingerprint density at radius 2 is 1.60 bits per heavy atom. The summed E-state index contributed by atoms with van der Waals surface area (Å²) in [6.07, 6.45) is 10.8. The maximum absolute atomic E-state index is 11.1. The van der Waals surface area contributed by atoms with Gasteiger partial charge in [-0.15, -0.1) is 0 Å². The Kier molecular flexibility index (Phi) is 12.6. The van der Waals surface area contributed by atoms with Crippen molar-refractivity contribution in [2.75, 3.05) is 6.61 Å². The first-order valence-corrected chi connectivity index (χ1v) is 8.08. The zero-order chi connectivity index (χ0) is 15.2. The van der Waals surface area contributed by atoms with E-state index in [1.54, 1.807) is 6.92 Å². The van der Waals surface area contributed by atoms with E-state index in [9.17, 15) is 9.90 Å². The molecule has 0 aromatic heterocycles. The first-order chi connectivity index (χ1) is 9.57. The van der Waals surface area contributed by atoms with Gasteiger partial charge < -0.3 is 9.84 Å². The maximum atomic E-state index is 11.1. The summed E-state index contributed by atoms with van der Waals surface area (Å²) in [5.41, 5.74) is 0.464. The van der Waals surface area contributed by atoms with Crippen molar-refractivity contribution in [2.24, 2.45) is 0 Å². The number of aliphatic hydroxyl groups is 1. The summed E-state index contributed by atoms with van der Waals surface area (Å²) in [5, 5.41) is 9.69. The Bertz CT molecular complexity index is 261. The zero-order valence-corrected chi connectivity index (χ0v) is 13.3. The van der Waals surface area contributed by atoms with Crippen LogP contribution in [0.3, 0.4) is 0 Å². The highest BCUT2D eigenvalue weighted by Crippen LogP contribution is 2.12. The second kappa shape index (κ2) is 13.2. The summed E-state index contributed by atoms with van der Waals surface area (Å²) in [4.78, 5) is 11.1. The van der Waals surface area contributed by atoms with Crippen LogP contribution in [0.15, 0.2) is 12.2 Å². The Hall–Kier alpha value is -0.830. The van der Waals surface area contributed by atoms with Crippen LogP contribution >= 0.6 is 0 Å². The summed E-state index contributed by atoms with van der Waals surface area (Å²) >= 11 is 0. The molecule has 0 aromatic carbocycles. The van der Waals surface area contributed by atoms with Crippen LogP contribution in [0.5, 0.6) is 0 Å². The molecule has 0 heterocycles. The highest BCUT2D eigenvalue weighted by Gasteiger charge is 2.03. The average molecular weight is 284 g/mol. The number of aliphatic hydroxyl groups excluding tert-OH is 1. The van der Waals surface area contributed by atoms with Crippen LogP contribution in [-0.4, -0.2) is 23.8 Å². The third-order valence-electron chi connectivity index (χ3n) is 3.40. The Balaban J connectivity index is 3.21. The molecule has 0 spiro atoms. The van der Waals surface area contributed by atoms with Crippen LogP contribution in [0.4, 0.5) is 0 Å². The van der Waals surface area contributed by atoms with Gasteiger partial charge in [-0.3, -0.25) is 0 Å². The fourth-order valence-electron chi connectivity index (χ4n) is 2.06. The van der Waals surface area contributed by atoms with Gasteiger partial charge in [-0.25, -0.2) is 4.79 Å². The Morgan fingerprint density at radius 3 is 2.20 bits per heavy atom. The van der Waals surface area contributed by atoms with E-state index in [1.165, 1.54) is 19.3 Å². The summed E-state index contributed by atoms with van der Waals surface area (Å²) in [6.45, 7) is 7.86. The van der Waals surface area contributed by atoms with Crippen LogP contribution in [-0.2, 0) is 9.53 Å². The van der Waals surface area contributed by atoms with E-state index in [1.807, 2.05) is 0 Å². The Morgan fingerprint density at radius 1 is 1.05 bits per heavy atom. The number of carbonyl (C=O) groups excluding carboxylic acids is 1. The highest BCUT2D eigenvalue weighted by molar-refractivity contribution is 5.86. The van der Waals surface area contributed by atoms with Gasteiger partial charge in [-0.1, -0.05) is 58.4 Å². The first-order valence-electron chi connectivity index (χ1n) is 8.08. The molecule has 0 aliphatic rings. The van der Waals surface area contributed by atoms with Gasteiger partial charge in [-0.2, -0.15) is 0 Å². The molecular weight excluding hydrogens is 252 g/mol. The van der Waals surface area contributed by atoms with E-state index in [0.717, 1.165) is 44.9 Å². The summed E-state index contributed by atoms with van der Waals surface area (Å²) in [6, 6.07) is 0. The van der Waals surface area contributed by atoms with Crippen LogP contribution < -0.4 is 0 Å². The number of rotatable bonds is 13. The minimum atomic E-state index is -0.286. The second-order valence-electron chi connectivity index (χ2n) is 5.62. The van der Waals surface area contributed by atoms with E-state index in [4.69, 9.17) is 4.74 Å². The van der Waals surface area contributed by atoms with Crippen LogP contribution in [0.2, 0.25) is 0 Å². The quantitative estimate of drug-likeness (QED) is 0.310. The molecule has 0 aliphatic carbocycles. The average Bonchev–Trinajstić information content (AvgIpc) is 2.42. The smallest absolute Gasteiger partial charge is 0.333 e. The summed E-state index contributed by atoms with van der Waals surface area (Å²) in [5.74, 6) is -0.286. The molecule has 0 saturated carbocycles. The van der Waals surface area contributed by atoms with Crippen LogP contribution in [0, 0.1) is 0 Å². The van der Waals surface area contributed by atoms with E-state index in [-0.39, 0.29) is 12.1 Å². The predicted octanol–water partition coefficient (Wildman–Crippen LogP) is 4.39. The molecular formula is C17H32O3. The molecule has 0 aliphatic heterocycles. The molecule has 0 aromatic rings. The van der Waals surface area contributed by atoms with Crippen molar-refractivity contribution in [3.63, 3.8) is 0 Å². The lowest BCUT2D eigenvalue weighted by atomic mass is 10.0. The third kappa shape index (κ3) is 12.2. The lowest BCUT2D eigenvalue weighted by molar-refractivity contribution is -0.139. The number of carbonyl (C=O) groups is 1. The molecule has 20 heavy (non-hydrogen) atoms. The van der Waals surface area contributed by atoms with Gasteiger partial charge in [0.2, 0.25) is 0 Å². The van der Waals surface area contributed by atoms with E-state index < -0.39 is 0 Å². The molecule has 0 radical (unpaired) electrons. The fraction of sp³-hybridized carbons (Fsp3) is 0.824. The number of ether oxygens (including phenoxy) is 1. The van der Waals surface area contributed by atoms with Crippen molar-refractivity contribution in [2.45, 2.75) is 84.2 Å². The molecule has 3 nitrogen and oxygen atoms in total. The van der Waals surface area contributed by atoms with Crippen molar-refractivity contribution >= 4 is 5.97 Å². The van der Waals surface area contributed by atoms with Gasteiger partial charge in [0, 0.05) is 5.57 Å². The van der Waals surface area contributed by atoms with Crippen molar-refractivity contribution in [3.8, 4) is 0 Å². The van der Waals surface area contributed by atoms with Crippen molar-refractivity contribution in [3.05, 3.63) is 12.2 Å². The molecule has 0 rings (SSSR count). The normalized spacial score (nSPS) is 12.2. The van der Waals surface area contributed by atoms with Gasteiger partial charge in [-0.05, 0) is 26.2 Å². The fourth-order valence-corrected chi connectivity index (χ4v) is 2.06. The summed E-state index contributed by atoms with van der Waals surface area (Å²) in [7, 11) is 0. The van der Waals surface area contributed by atoms with Crippen molar-refractivity contribution in [1.29, 1.82) is 0 Å². The lowest BCUT2D eigenvalue weighted by Crippen LogP contribution is -2.06. The third-order valence-corrected chi connectivity index (χ3v) is 3.40. The second-order valence-corrected chi connectivity index (χ2v) is 5.62. The molecule has 1 atom stereocenters. The molecule has 0 fully saturated rings. The minimum Gasteiger partial charge on any atom is -0.462 e. The largest absolute Gasteiger partial charge is 0.462 e. The number of hydrogen-bond donors (Lipinski definition) is 1. The van der Waals surface area contributed by atoms with Gasteiger partial charge >= 0.3 is 5.97 Å². The molecule has 0 bridgehead atoms. The van der Waals surface area contributed by atoms with E-state index in [0.29, 0.717) is 12.2 Å². The minimum absolute atomic E-state index is 0.100. The summed E-state index contributed by atoms with van der Waals surface area (Å²) < 4.78 is 5.03. The SMILES string of the molecule is C=C(C)C(=O)OCCCCCCCCC(O)CCCC. The number of esters is 1. The highest BCUT2D eigenvalue weighted by atomic mass is 16.5. The first kappa shape index (κ1) is 19.2. The van der Waals surface area contributed by atoms with Crippen molar-refractivity contribution in [1.82, 2.24) is 0 Å². The van der Waals surface area contributed by atoms with Gasteiger partial charge in [0.05, 0.1) is 12.7 Å². The standard InChI is InChI=1S/C17H32O3/c1-4-5-12-16(18)13-10-8-6-7-9-11-14-20-17(19)15(2)3/h16,18H,2,4-14H2,1,3H3. The number of hydrogen-bond acceptors (Lipinski definition) is 3. The van der Waals surface area contributed by atoms with Gasteiger partial charge in [0.1, 0.15) is 0 Å². The van der Waals surface area contributed by atoms with Crippen LogP contribution in [0.1, 0.15) is 78.1 Å². The topological polar surface area (TPSA) is 46.5 Å². The van der Waals surface area contributed by atoms with E-state index >= 15 is 0 Å². The Labute approximate surface area is 124 Å². The van der Waals surface area contributed by atoms with Crippen molar-refractivity contribution < 1.29 is 14.6 Å². The van der Waals surface area contributed by atoms with Crippen LogP contribution in [0.25, 0.3) is 0 Å². The molecule has 1 N–H and O–H groups in total. The molecule has 1 unspecified atom stereocenters. The molecule has 0 saturated heterocycles.